The summed E-state index contributed by atoms with van der Waals surface area (Å²) in [6, 6.07) is 0. The molecule has 4 unspecified atom stereocenters. The van der Waals surface area contributed by atoms with Gasteiger partial charge in [0.15, 0.2) is 0 Å². The van der Waals surface area contributed by atoms with Gasteiger partial charge in [0.1, 0.15) is 0 Å². The number of ether oxygens (including phenoxy) is 5. The highest BCUT2D eigenvalue weighted by molar-refractivity contribution is 5.26. The minimum absolute atomic E-state index is 0.0657. The number of likely N-dealkylation sites (tertiary alicyclic amines) is 1. The molecular weight excluding hydrogens is 815 g/mol. The van der Waals surface area contributed by atoms with E-state index in [2.05, 4.69) is 90.7 Å². The van der Waals surface area contributed by atoms with Crippen LogP contribution in [-0.2, 0) is 23.7 Å². The highest BCUT2D eigenvalue weighted by Gasteiger charge is 2.65. The van der Waals surface area contributed by atoms with Crippen LogP contribution >= 0.6 is 0 Å². The summed E-state index contributed by atoms with van der Waals surface area (Å²) in [6.45, 7) is 27.4. The molecule has 382 valence electrons. The molecule has 0 amide bonds. The molecule has 8 atom stereocenters. The molecule has 0 radical (unpaired) electrons. The predicted octanol–water partition coefficient (Wildman–Crippen LogP) is 15.5. The summed E-state index contributed by atoms with van der Waals surface area (Å²) in [7, 11) is 1.84. The van der Waals surface area contributed by atoms with Gasteiger partial charge >= 0.3 is 0 Å². The van der Waals surface area contributed by atoms with E-state index in [0.29, 0.717) is 66.9 Å². The van der Waals surface area contributed by atoms with Crippen LogP contribution in [0.4, 0.5) is 0 Å². The van der Waals surface area contributed by atoms with Gasteiger partial charge in [-0.15, -0.1) is 0 Å². The molecule has 5 rings (SSSR count). The van der Waals surface area contributed by atoms with E-state index < -0.39 is 0 Å². The Morgan fingerprint density at radius 2 is 1.42 bits per heavy atom. The zero-order valence-corrected chi connectivity index (χ0v) is 45.0. The first kappa shape index (κ1) is 55.9. The molecule has 0 aromatic carbocycles. The fourth-order valence-corrected chi connectivity index (χ4v) is 14.2. The van der Waals surface area contributed by atoms with E-state index in [1.807, 2.05) is 7.11 Å². The first-order valence-corrected chi connectivity index (χ1v) is 28.5. The third-order valence-corrected chi connectivity index (χ3v) is 19.0. The Labute approximate surface area is 409 Å². The standard InChI is InChI=1S/C60H107NO5/c1-10-11-12-13-14-15-16-17-18-19-20-21-22-23-24-25-41-64-48-53(47-61-39-33-51(62-9)34-40-61)66-45-43-63-42-44-65-52-30-36-58(6)50(46-52)28-29-54-55(58)31-37-59(7)56(54)32-38-60(59,8)57(4,5)35-26-27-49(2)3/h14-15,17-18,28,49,51-56H,10-13,16,19-27,29-48H2,1-9H3/t52-,53?,54?,55?,56?,58-,59-,60+/m0/s1. The van der Waals surface area contributed by atoms with Gasteiger partial charge in [0.25, 0.3) is 0 Å². The molecule has 0 aromatic rings. The smallest absolute Gasteiger partial charge is 0.0936 e. The first-order chi connectivity index (χ1) is 31.9. The number of unbranched alkanes of at least 4 members (excludes halogenated alkanes) is 9. The Morgan fingerprint density at radius 1 is 0.727 bits per heavy atom. The van der Waals surface area contributed by atoms with Gasteiger partial charge in [-0.05, 0) is 154 Å². The lowest BCUT2D eigenvalue weighted by Crippen LogP contribution is -2.54. The Hall–Kier alpha value is -1.02. The van der Waals surface area contributed by atoms with Crippen molar-refractivity contribution < 1.29 is 23.7 Å². The number of nitrogens with zero attached hydrogens (tertiary/aromatic N) is 1. The van der Waals surface area contributed by atoms with Gasteiger partial charge in [-0.2, -0.15) is 0 Å². The molecule has 0 spiro atoms. The maximum Gasteiger partial charge on any atom is 0.0936 e. The third kappa shape index (κ3) is 16.0. The monoisotopic (exact) mass is 922 g/mol. The van der Waals surface area contributed by atoms with Gasteiger partial charge in [0.05, 0.1) is 51.3 Å². The lowest BCUT2D eigenvalue weighted by atomic mass is 9.43. The number of methoxy groups -OCH3 is 1. The number of hydrogen-bond donors (Lipinski definition) is 0. The molecule has 3 saturated carbocycles. The fraction of sp³-hybridized carbons (Fsp3) is 0.900. The quantitative estimate of drug-likeness (QED) is 0.0483. The van der Waals surface area contributed by atoms with Crippen LogP contribution in [0.5, 0.6) is 0 Å². The molecule has 1 heterocycles. The van der Waals surface area contributed by atoms with Gasteiger partial charge in [-0.25, -0.2) is 0 Å². The van der Waals surface area contributed by atoms with Crippen molar-refractivity contribution in [1.82, 2.24) is 4.90 Å². The van der Waals surface area contributed by atoms with Crippen molar-refractivity contribution in [3.05, 3.63) is 36.0 Å². The molecule has 5 aliphatic rings. The van der Waals surface area contributed by atoms with E-state index in [-0.39, 0.29) is 6.10 Å². The molecular formula is C60H107NO5. The van der Waals surface area contributed by atoms with Crippen molar-refractivity contribution in [2.45, 2.75) is 234 Å². The molecule has 4 aliphatic carbocycles. The zero-order valence-electron chi connectivity index (χ0n) is 45.0. The maximum atomic E-state index is 6.55. The van der Waals surface area contributed by atoms with Crippen molar-refractivity contribution in [2.24, 2.45) is 45.3 Å². The predicted molar refractivity (Wildman–Crippen MR) is 279 cm³/mol. The molecule has 6 heteroatoms. The Morgan fingerprint density at radius 3 is 2.15 bits per heavy atom. The molecule has 1 saturated heterocycles. The summed E-state index contributed by atoms with van der Waals surface area (Å²) in [5.41, 5.74) is 3.36. The molecule has 0 N–H and O–H groups in total. The molecule has 0 bridgehead atoms. The van der Waals surface area contributed by atoms with Crippen LogP contribution in [0.3, 0.4) is 0 Å². The topological polar surface area (TPSA) is 49.4 Å². The van der Waals surface area contributed by atoms with Crippen LogP contribution in [0, 0.1) is 45.3 Å². The van der Waals surface area contributed by atoms with E-state index in [1.165, 1.54) is 128 Å². The minimum atomic E-state index is 0.0657. The van der Waals surface area contributed by atoms with Crippen molar-refractivity contribution in [3.8, 4) is 0 Å². The van der Waals surface area contributed by atoms with Gasteiger partial charge in [0.2, 0.25) is 0 Å². The van der Waals surface area contributed by atoms with E-state index >= 15 is 0 Å². The van der Waals surface area contributed by atoms with Crippen LogP contribution in [0.15, 0.2) is 36.0 Å². The third-order valence-electron chi connectivity index (χ3n) is 19.0. The second-order valence-electron chi connectivity index (χ2n) is 24.0. The molecule has 0 aromatic heterocycles. The van der Waals surface area contributed by atoms with Gasteiger partial charge in [0, 0.05) is 33.4 Å². The SMILES string of the molecule is CCCCCC=CCC=CCCCCCCCCOCC(CN1CCC(OC)CC1)OCCOCCO[C@H]1CC[C@@]2(C)C(=CCC3C2CC[C@@]2(C)C3CC[C@]2(C)C(C)(C)CCCC(C)C)C1. The Bertz CT molecular complexity index is 1410. The average Bonchev–Trinajstić information content (AvgIpc) is 3.59. The first-order valence-electron chi connectivity index (χ1n) is 28.5. The normalized spacial score (nSPS) is 30.3. The van der Waals surface area contributed by atoms with Gasteiger partial charge in [-0.3, -0.25) is 0 Å². The van der Waals surface area contributed by atoms with Crippen molar-refractivity contribution in [1.29, 1.82) is 0 Å². The molecule has 6 nitrogen and oxygen atoms in total. The maximum absolute atomic E-state index is 6.55. The van der Waals surface area contributed by atoms with Gasteiger partial charge < -0.3 is 28.6 Å². The van der Waals surface area contributed by atoms with Crippen LogP contribution < -0.4 is 0 Å². The zero-order chi connectivity index (χ0) is 47.3. The van der Waals surface area contributed by atoms with Crippen LogP contribution in [-0.4, -0.2) is 89.6 Å². The Balaban J connectivity index is 0.950. The Kier molecular flexibility index (Phi) is 24.3. The number of hydrogen-bond acceptors (Lipinski definition) is 6. The van der Waals surface area contributed by atoms with E-state index in [9.17, 15) is 0 Å². The van der Waals surface area contributed by atoms with Crippen molar-refractivity contribution >= 4 is 0 Å². The van der Waals surface area contributed by atoms with Gasteiger partial charge in [-0.1, -0.05) is 143 Å². The summed E-state index contributed by atoms with van der Waals surface area (Å²) in [6.07, 6.45) is 45.0. The van der Waals surface area contributed by atoms with Crippen molar-refractivity contribution in [3.63, 3.8) is 0 Å². The lowest BCUT2D eigenvalue weighted by Gasteiger charge is -2.62. The average molecular weight is 923 g/mol. The lowest BCUT2D eigenvalue weighted by molar-refractivity contribution is -0.115. The molecule has 1 aliphatic heterocycles. The summed E-state index contributed by atoms with van der Waals surface area (Å²) in [5, 5.41) is 0. The van der Waals surface area contributed by atoms with Crippen LogP contribution in [0.2, 0.25) is 0 Å². The van der Waals surface area contributed by atoms with Crippen molar-refractivity contribution in [2.75, 3.05) is 66.4 Å². The van der Waals surface area contributed by atoms with Crippen LogP contribution in [0.1, 0.15) is 216 Å². The van der Waals surface area contributed by atoms with Crippen LogP contribution in [0.25, 0.3) is 0 Å². The van der Waals surface area contributed by atoms with E-state index in [1.54, 1.807) is 5.57 Å². The summed E-state index contributed by atoms with van der Waals surface area (Å²) >= 11 is 0. The van der Waals surface area contributed by atoms with E-state index in [4.69, 9.17) is 23.7 Å². The molecule has 4 fully saturated rings. The second kappa shape index (κ2) is 28.7. The number of rotatable bonds is 33. The fourth-order valence-electron chi connectivity index (χ4n) is 14.2. The number of piperidine rings is 1. The largest absolute Gasteiger partial charge is 0.381 e. The summed E-state index contributed by atoms with van der Waals surface area (Å²) in [4.78, 5) is 2.53. The second-order valence-corrected chi connectivity index (χ2v) is 24.0. The minimum Gasteiger partial charge on any atom is -0.381 e. The number of fused-ring (bicyclic) bond motifs is 5. The highest BCUT2D eigenvalue weighted by atomic mass is 16.6. The molecule has 66 heavy (non-hydrogen) atoms. The summed E-state index contributed by atoms with van der Waals surface area (Å²) < 4.78 is 31.0. The van der Waals surface area contributed by atoms with E-state index in [0.717, 1.165) is 82.0 Å². The number of allylic oxidation sites excluding steroid dienone is 5. The summed E-state index contributed by atoms with van der Waals surface area (Å²) in [5.74, 6) is 3.38. The highest BCUT2D eigenvalue weighted by Crippen LogP contribution is 2.73.